The first-order valence-electron chi connectivity index (χ1n) is 9.96. The van der Waals surface area contributed by atoms with Crippen LogP contribution in [0.5, 0.6) is 0 Å². The van der Waals surface area contributed by atoms with Gasteiger partial charge in [0.1, 0.15) is 0 Å². The van der Waals surface area contributed by atoms with Gasteiger partial charge in [-0.05, 0) is 70.7 Å². The summed E-state index contributed by atoms with van der Waals surface area (Å²) in [4.78, 5) is 13.0. The quantitative estimate of drug-likeness (QED) is 0.824. The lowest BCUT2D eigenvalue weighted by atomic mass is 9.99. The predicted molar refractivity (Wildman–Crippen MR) is 106 cm³/mol. The Morgan fingerprint density at radius 3 is 2.70 bits per heavy atom. The number of nitrogens with one attached hydrogen (secondary N) is 2. The van der Waals surface area contributed by atoms with Crippen LogP contribution in [0, 0.1) is 6.92 Å². The second kappa shape index (κ2) is 8.29. The lowest BCUT2D eigenvalue weighted by molar-refractivity contribution is 0.0925. The molecule has 0 saturated carbocycles. The average molecular weight is 394 g/mol. The molecule has 0 aliphatic carbocycles. The van der Waals surface area contributed by atoms with E-state index in [4.69, 9.17) is 0 Å². The molecule has 3 unspecified atom stereocenters. The molecule has 0 aromatic heterocycles. The summed E-state index contributed by atoms with van der Waals surface area (Å²) in [6, 6.07) is 5.40. The Morgan fingerprint density at radius 1 is 1.22 bits per heavy atom. The van der Waals surface area contributed by atoms with Crippen molar-refractivity contribution in [1.82, 2.24) is 14.9 Å². The van der Waals surface area contributed by atoms with Crippen molar-refractivity contribution in [3.05, 3.63) is 29.3 Å². The van der Waals surface area contributed by atoms with Crippen molar-refractivity contribution < 1.29 is 13.2 Å². The van der Waals surface area contributed by atoms with E-state index in [1.54, 1.807) is 22.5 Å². The third-order valence-corrected chi connectivity index (χ3v) is 7.77. The Kier molecular flexibility index (Phi) is 6.23. The monoisotopic (exact) mass is 393 g/mol. The summed E-state index contributed by atoms with van der Waals surface area (Å²) in [7, 11) is -3.58. The maximum atomic E-state index is 13.1. The Balaban J connectivity index is 1.82. The number of benzene rings is 1. The van der Waals surface area contributed by atoms with Crippen LogP contribution in [0.4, 0.5) is 0 Å². The van der Waals surface area contributed by atoms with E-state index in [0.29, 0.717) is 18.2 Å². The summed E-state index contributed by atoms with van der Waals surface area (Å²) in [5, 5.41) is 6.46. The van der Waals surface area contributed by atoms with Gasteiger partial charge < -0.3 is 10.6 Å². The van der Waals surface area contributed by atoms with Gasteiger partial charge in [-0.2, -0.15) is 4.31 Å². The molecule has 2 heterocycles. The normalized spacial score (nSPS) is 27.3. The van der Waals surface area contributed by atoms with E-state index >= 15 is 0 Å². The van der Waals surface area contributed by atoms with Crippen LogP contribution < -0.4 is 10.6 Å². The number of rotatable bonds is 4. The fourth-order valence-electron chi connectivity index (χ4n) is 4.10. The number of hydrogen-bond donors (Lipinski definition) is 2. The van der Waals surface area contributed by atoms with Crippen LogP contribution in [0.25, 0.3) is 0 Å². The molecule has 2 saturated heterocycles. The molecule has 6 nitrogen and oxygen atoms in total. The number of carbonyl (C=O) groups is 1. The first kappa shape index (κ1) is 20.3. The minimum atomic E-state index is -3.58. The average Bonchev–Trinajstić information content (AvgIpc) is 2.62. The smallest absolute Gasteiger partial charge is 0.251 e. The van der Waals surface area contributed by atoms with Gasteiger partial charge >= 0.3 is 0 Å². The predicted octanol–water partition coefficient (Wildman–Crippen LogP) is 2.43. The number of nitrogens with zero attached hydrogens (tertiary/aromatic N) is 1. The summed E-state index contributed by atoms with van der Waals surface area (Å²) in [6.07, 6.45) is 4.60. The minimum Gasteiger partial charge on any atom is -0.349 e. The van der Waals surface area contributed by atoms with Gasteiger partial charge in [-0.25, -0.2) is 8.42 Å². The van der Waals surface area contributed by atoms with E-state index in [-0.39, 0.29) is 22.9 Å². The first-order valence-corrected chi connectivity index (χ1v) is 11.4. The molecule has 2 fully saturated rings. The van der Waals surface area contributed by atoms with Crippen molar-refractivity contribution in [2.24, 2.45) is 0 Å². The van der Waals surface area contributed by atoms with Gasteiger partial charge in [0.2, 0.25) is 10.0 Å². The highest BCUT2D eigenvalue weighted by atomic mass is 32.2. The second-order valence-corrected chi connectivity index (χ2v) is 9.88. The molecule has 3 rings (SSSR count). The van der Waals surface area contributed by atoms with Gasteiger partial charge in [0, 0.05) is 30.2 Å². The number of aryl methyl sites for hydroxylation is 1. The van der Waals surface area contributed by atoms with E-state index in [9.17, 15) is 13.2 Å². The highest BCUT2D eigenvalue weighted by Crippen LogP contribution is 2.26. The highest BCUT2D eigenvalue weighted by molar-refractivity contribution is 7.89. The molecule has 7 heteroatoms. The van der Waals surface area contributed by atoms with Gasteiger partial charge in [-0.15, -0.1) is 0 Å². The summed E-state index contributed by atoms with van der Waals surface area (Å²) in [6.45, 7) is 7.34. The highest BCUT2D eigenvalue weighted by Gasteiger charge is 2.31. The molecule has 0 spiro atoms. The fourth-order valence-corrected chi connectivity index (χ4v) is 5.82. The van der Waals surface area contributed by atoms with E-state index in [2.05, 4.69) is 17.6 Å². The van der Waals surface area contributed by atoms with Crippen LogP contribution in [-0.2, 0) is 10.0 Å². The maximum Gasteiger partial charge on any atom is 0.251 e. The van der Waals surface area contributed by atoms with E-state index in [1.165, 1.54) is 0 Å². The number of carbonyl (C=O) groups excluding carboxylic acids is 1. The topological polar surface area (TPSA) is 78.5 Å². The second-order valence-electron chi connectivity index (χ2n) is 7.99. The van der Waals surface area contributed by atoms with Crippen molar-refractivity contribution in [3.63, 3.8) is 0 Å². The summed E-state index contributed by atoms with van der Waals surface area (Å²) < 4.78 is 27.8. The summed E-state index contributed by atoms with van der Waals surface area (Å²) in [5.74, 6) is -0.185. The zero-order valence-electron chi connectivity index (χ0n) is 16.5. The molecule has 1 amide bonds. The molecule has 1 aromatic carbocycles. The van der Waals surface area contributed by atoms with Crippen LogP contribution in [0.15, 0.2) is 23.1 Å². The zero-order valence-corrected chi connectivity index (χ0v) is 17.3. The molecular weight excluding hydrogens is 362 g/mol. The van der Waals surface area contributed by atoms with Crippen molar-refractivity contribution >= 4 is 15.9 Å². The van der Waals surface area contributed by atoms with Crippen LogP contribution in [-0.4, -0.2) is 49.8 Å². The molecular formula is C20H31N3O3S. The molecule has 150 valence electrons. The van der Waals surface area contributed by atoms with Gasteiger partial charge in [-0.3, -0.25) is 4.79 Å². The standard InChI is InChI=1S/C20H31N3O3S/c1-14-7-8-18(27(25,26)23-11-5-4-6-16(23)3)13-19(14)20(24)22-17-9-10-21-15(2)12-17/h7-8,13,15-17,21H,4-6,9-12H2,1-3H3,(H,22,24). The SMILES string of the molecule is Cc1ccc(S(=O)(=O)N2CCCCC2C)cc1C(=O)NC1CCNC(C)C1. The lowest BCUT2D eigenvalue weighted by Gasteiger charge is -2.32. The zero-order chi connectivity index (χ0) is 19.6. The van der Waals surface area contributed by atoms with Crippen LogP contribution in [0.2, 0.25) is 0 Å². The maximum absolute atomic E-state index is 13.1. The molecule has 2 aliphatic heterocycles. The van der Waals surface area contributed by atoms with Gasteiger partial charge in [-0.1, -0.05) is 12.5 Å². The Bertz CT molecular complexity index is 794. The number of amides is 1. The van der Waals surface area contributed by atoms with E-state index < -0.39 is 10.0 Å². The number of sulfonamides is 1. The largest absolute Gasteiger partial charge is 0.349 e. The lowest BCUT2D eigenvalue weighted by Crippen LogP contribution is -2.46. The molecule has 27 heavy (non-hydrogen) atoms. The molecule has 1 aromatic rings. The Hall–Kier alpha value is -1.44. The third-order valence-electron chi connectivity index (χ3n) is 5.76. The van der Waals surface area contributed by atoms with Crippen LogP contribution >= 0.6 is 0 Å². The number of piperidine rings is 2. The van der Waals surface area contributed by atoms with Gasteiger partial charge in [0.05, 0.1) is 4.90 Å². The number of hydrogen-bond acceptors (Lipinski definition) is 4. The summed E-state index contributed by atoms with van der Waals surface area (Å²) in [5.41, 5.74) is 1.24. The molecule has 2 aliphatic rings. The van der Waals surface area contributed by atoms with E-state index in [1.807, 2.05) is 13.8 Å². The molecule has 0 radical (unpaired) electrons. The third kappa shape index (κ3) is 4.52. The van der Waals surface area contributed by atoms with Crippen LogP contribution in [0.1, 0.15) is 61.9 Å². The van der Waals surface area contributed by atoms with Gasteiger partial charge in [0.15, 0.2) is 0 Å². The summed E-state index contributed by atoms with van der Waals surface area (Å²) >= 11 is 0. The molecule has 3 atom stereocenters. The Morgan fingerprint density at radius 2 is 2.00 bits per heavy atom. The van der Waals surface area contributed by atoms with Gasteiger partial charge in [0.25, 0.3) is 5.91 Å². The molecule has 0 bridgehead atoms. The minimum absolute atomic E-state index is 0.00134. The Labute approximate surface area is 162 Å². The fraction of sp³-hybridized carbons (Fsp3) is 0.650. The van der Waals surface area contributed by atoms with Crippen LogP contribution in [0.3, 0.4) is 0 Å². The van der Waals surface area contributed by atoms with E-state index in [0.717, 1.165) is 44.2 Å². The van der Waals surface area contributed by atoms with Crippen molar-refractivity contribution in [2.45, 2.75) is 75.9 Å². The first-order chi connectivity index (χ1) is 12.8. The van der Waals surface area contributed by atoms with Crippen molar-refractivity contribution in [3.8, 4) is 0 Å². The van der Waals surface area contributed by atoms with Crippen molar-refractivity contribution in [1.29, 1.82) is 0 Å². The molecule has 2 N–H and O–H groups in total. The van der Waals surface area contributed by atoms with Crippen molar-refractivity contribution in [2.75, 3.05) is 13.1 Å².